The highest BCUT2D eigenvalue weighted by Crippen LogP contribution is 2.43. The minimum atomic E-state index is -1.03. The summed E-state index contributed by atoms with van der Waals surface area (Å²) >= 11 is 0. The van der Waals surface area contributed by atoms with Gasteiger partial charge in [-0.2, -0.15) is 0 Å². The SMILES string of the molecule is CO[C@@H]1C(=O)N2c3ccccc3C(=O)[C@H](c3ccccc3)[C@@H](O)[C@@H]12. The summed E-state index contributed by atoms with van der Waals surface area (Å²) in [6, 6.07) is 15.6. The van der Waals surface area contributed by atoms with Crippen molar-refractivity contribution in [1.82, 2.24) is 0 Å². The van der Waals surface area contributed by atoms with Crippen LogP contribution in [0.25, 0.3) is 0 Å². The van der Waals surface area contributed by atoms with Crippen LogP contribution in [0.4, 0.5) is 5.69 Å². The Kier molecular flexibility index (Phi) is 3.48. The molecule has 0 aliphatic carbocycles. The molecule has 4 atom stereocenters. The van der Waals surface area contributed by atoms with Crippen LogP contribution in [-0.4, -0.2) is 42.2 Å². The minimum absolute atomic E-state index is 0.179. The van der Waals surface area contributed by atoms with E-state index < -0.39 is 24.2 Å². The minimum Gasteiger partial charge on any atom is -0.390 e. The number of aliphatic hydroxyl groups is 1. The molecule has 122 valence electrons. The van der Waals surface area contributed by atoms with Crippen LogP contribution in [0.3, 0.4) is 0 Å². The van der Waals surface area contributed by atoms with E-state index in [1.165, 1.54) is 12.0 Å². The molecule has 2 aliphatic rings. The summed E-state index contributed by atoms with van der Waals surface area (Å²) in [7, 11) is 1.45. The molecular weight excluding hydrogens is 306 g/mol. The quantitative estimate of drug-likeness (QED) is 0.855. The second kappa shape index (κ2) is 5.54. The fourth-order valence-electron chi connectivity index (χ4n) is 3.76. The van der Waals surface area contributed by atoms with Crippen molar-refractivity contribution in [2.24, 2.45) is 0 Å². The van der Waals surface area contributed by atoms with Gasteiger partial charge in [-0.3, -0.25) is 9.59 Å². The maximum atomic E-state index is 13.1. The smallest absolute Gasteiger partial charge is 0.258 e. The molecule has 1 saturated heterocycles. The van der Waals surface area contributed by atoms with E-state index in [-0.39, 0.29) is 11.7 Å². The van der Waals surface area contributed by atoms with Gasteiger partial charge in [0.25, 0.3) is 5.91 Å². The third-order valence-electron chi connectivity index (χ3n) is 4.90. The zero-order chi connectivity index (χ0) is 16.8. The number of anilines is 1. The van der Waals surface area contributed by atoms with Gasteiger partial charge in [-0.05, 0) is 17.7 Å². The lowest BCUT2D eigenvalue weighted by Gasteiger charge is -2.48. The van der Waals surface area contributed by atoms with Crippen LogP contribution in [0.1, 0.15) is 21.8 Å². The third kappa shape index (κ3) is 1.95. The lowest BCUT2D eigenvalue weighted by Crippen LogP contribution is -2.70. The van der Waals surface area contributed by atoms with Crippen LogP contribution < -0.4 is 4.90 Å². The molecule has 0 aromatic heterocycles. The van der Waals surface area contributed by atoms with Crippen LogP contribution in [0.5, 0.6) is 0 Å². The van der Waals surface area contributed by atoms with Crippen molar-refractivity contribution in [3.63, 3.8) is 0 Å². The number of hydrogen-bond donors (Lipinski definition) is 1. The summed E-state index contributed by atoms with van der Waals surface area (Å²) in [6.45, 7) is 0. The van der Waals surface area contributed by atoms with Gasteiger partial charge in [0.15, 0.2) is 11.9 Å². The molecule has 1 fully saturated rings. The molecule has 0 saturated carbocycles. The zero-order valence-electron chi connectivity index (χ0n) is 13.1. The first kappa shape index (κ1) is 15.1. The van der Waals surface area contributed by atoms with E-state index in [1.54, 1.807) is 24.3 Å². The van der Waals surface area contributed by atoms with Gasteiger partial charge in [-0.15, -0.1) is 0 Å². The highest BCUT2D eigenvalue weighted by atomic mass is 16.5. The molecular formula is C19H17NO4. The number of benzene rings is 2. The first-order valence-electron chi connectivity index (χ1n) is 7.87. The molecule has 2 heterocycles. The predicted molar refractivity (Wildman–Crippen MR) is 88.0 cm³/mol. The second-order valence-electron chi connectivity index (χ2n) is 6.12. The van der Waals surface area contributed by atoms with Gasteiger partial charge in [-0.25, -0.2) is 0 Å². The van der Waals surface area contributed by atoms with Gasteiger partial charge in [-0.1, -0.05) is 42.5 Å². The number of ether oxygens (including phenoxy) is 1. The Bertz CT molecular complexity index is 804. The summed E-state index contributed by atoms with van der Waals surface area (Å²) in [5.74, 6) is -1.13. The fraction of sp³-hybridized carbons (Fsp3) is 0.263. The van der Waals surface area contributed by atoms with E-state index in [0.29, 0.717) is 11.3 Å². The summed E-state index contributed by atoms with van der Waals surface area (Å²) in [4.78, 5) is 27.0. The van der Waals surface area contributed by atoms with Gasteiger partial charge in [0, 0.05) is 12.7 Å². The summed E-state index contributed by atoms with van der Waals surface area (Å²) in [5, 5.41) is 11.0. The molecule has 2 aromatic carbocycles. The molecule has 2 aliphatic heterocycles. The van der Waals surface area contributed by atoms with Gasteiger partial charge in [0.2, 0.25) is 0 Å². The standard InChI is InChI=1S/C19H17NO4/c1-24-18-15-17(22)14(11-7-3-2-4-8-11)16(21)12-9-5-6-10-13(12)20(15)19(18)23/h2-10,14-15,17-18,22H,1H3/t14-,15-,17+,18-/m0/s1. The van der Waals surface area contributed by atoms with Gasteiger partial charge < -0.3 is 14.7 Å². The number of methoxy groups -OCH3 is 1. The first-order valence-corrected chi connectivity index (χ1v) is 7.87. The lowest BCUT2D eigenvalue weighted by atomic mass is 9.81. The fourth-order valence-corrected chi connectivity index (χ4v) is 3.76. The number of para-hydroxylation sites is 1. The lowest BCUT2D eigenvalue weighted by molar-refractivity contribution is -0.144. The van der Waals surface area contributed by atoms with E-state index >= 15 is 0 Å². The number of nitrogens with zero attached hydrogens (tertiary/aromatic N) is 1. The van der Waals surface area contributed by atoms with Crippen molar-refractivity contribution in [3.8, 4) is 0 Å². The Balaban J connectivity index is 1.89. The topological polar surface area (TPSA) is 66.8 Å². The molecule has 0 unspecified atom stereocenters. The number of β-lactam (4-membered cyclic amide) rings is 1. The van der Waals surface area contributed by atoms with Crippen LogP contribution in [0, 0.1) is 0 Å². The summed E-state index contributed by atoms with van der Waals surface area (Å²) in [5.41, 5.74) is 1.74. The number of aliphatic hydroxyl groups excluding tert-OH is 1. The number of fused-ring (bicyclic) bond motifs is 3. The van der Waals surface area contributed by atoms with Crippen molar-refractivity contribution < 1.29 is 19.4 Å². The molecule has 1 N–H and O–H groups in total. The van der Waals surface area contributed by atoms with Crippen molar-refractivity contribution in [1.29, 1.82) is 0 Å². The highest BCUT2D eigenvalue weighted by Gasteiger charge is 2.57. The van der Waals surface area contributed by atoms with E-state index in [4.69, 9.17) is 4.74 Å². The second-order valence-corrected chi connectivity index (χ2v) is 6.12. The van der Waals surface area contributed by atoms with Crippen molar-refractivity contribution in [2.45, 2.75) is 24.2 Å². The molecule has 0 spiro atoms. The third-order valence-corrected chi connectivity index (χ3v) is 4.90. The Morgan fingerprint density at radius 3 is 2.38 bits per heavy atom. The van der Waals surface area contributed by atoms with Crippen LogP contribution in [0.2, 0.25) is 0 Å². The molecule has 0 bridgehead atoms. The molecule has 5 nitrogen and oxygen atoms in total. The van der Waals surface area contributed by atoms with Crippen LogP contribution in [0.15, 0.2) is 54.6 Å². The van der Waals surface area contributed by atoms with E-state index in [0.717, 1.165) is 5.56 Å². The molecule has 4 rings (SSSR count). The first-order chi connectivity index (χ1) is 11.6. The van der Waals surface area contributed by atoms with E-state index in [9.17, 15) is 14.7 Å². The van der Waals surface area contributed by atoms with Crippen LogP contribution in [-0.2, 0) is 9.53 Å². The number of carbonyl (C=O) groups is 2. The molecule has 1 amide bonds. The monoisotopic (exact) mass is 323 g/mol. The predicted octanol–water partition coefficient (Wildman–Crippen LogP) is 1.76. The number of amides is 1. The molecule has 5 heteroatoms. The summed E-state index contributed by atoms with van der Waals surface area (Å²) < 4.78 is 5.27. The van der Waals surface area contributed by atoms with Crippen molar-refractivity contribution in [3.05, 3.63) is 65.7 Å². The van der Waals surface area contributed by atoms with Crippen molar-refractivity contribution in [2.75, 3.05) is 12.0 Å². The normalized spacial score (nSPS) is 28.7. The van der Waals surface area contributed by atoms with E-state index in [2.05, 4.69) is 0 Å². The number of Topliss-reactive ketones (excluding diaryl/α,β-unsaturated/α-hetero) is 1. The Hall–Kier alpha value is -2.50. The van der Waals surface area contributed by atoms with Gasteiger partial charge in [0.1, 0.15) is 0 Å². The number of rotatable bonds is 2. The van der Waals surface area contributed by atoms with E-state index in [1.807, 2.05) is 30.3 Å². The number of hydrogen-bond acceptors (Lipinski definition) is 4. The zero-order valence-corrected chi connectivity index (χ0v) is 13.1. The molecule has 24 heavy (non-hydrogen) atoms. The Morgan fingerprint density at radius 2 is 1.67 bits per heavy atom. The van der Waals surface area contributed by atoms with Crippen LogP contribution >= 0.6 is 0 Å². The average molecular weight is 323 g/mol. The summed E-state index contributed by atoms with van der Waals surface area (Å²) in [6.07, 6.45) is -1.76. The molecule has 0 radical (unpaired) electrons. The van der Waals surface area contributed by atoms with Gasteiger partial charge >= 0.3 is 0 Å². The number of carbonyl (C=O) groups excluding carboxylic acids is 2. The average Bonchev–Trinajstić information content (AvgIpc) is 2.68. The highest BCUT2D eigenvalue weighted by molar-refractivity contribution is 6.14. The Morgan fingerprint density at radius 1 is 1.00 bits per heavy atom. The van der Waals surface area contributed by atoms with Crippen molar-refractivity contribution >= 4 is 17.4 Å². The number of ketones is 1. The largest absolute Gasteiger partial charge is 0.390 e. The molecule has 2 aromatic rings. The maximum Gasteiger partial charge on any atom is 0.258 e. The van der Waals surface area contributed by atoms with Gasteiger partial charge in [0.05, 0.1) is 23.8 Å². The Labute approximate surface area is 139 Å². The maximum absolute atomic E-state index is 13.1.